The predicted molar refractivity (Wildman–Crippen MR) is 74.6 cm³/mol. The van der Waals surface area contributed by atoms with Crippen molar-refractivity contribution in [3.05, 3.63) is 28.8 Å². The van der Waals surface area contributed by atoms with E-state index in [-0.39, 0.29) is 5.91 Å². The van der Waals surface area contributed by atoms with Gasteiger partial charge < -0.3 is 10.5 Å². The SMILES string of the molecule is CCc1nnc(NC(=O)c2c(N)cccc2OC)s1. The van der Waals surface area contributed by atoms with Gasteiger partial charge in [-0.2, -0.15) is 0 Å². The van der Waals surface area contributed by atoms with Crippen LogP contribution in [0.4, 0.5) is 10.8 Å². The lowest BCUT2D eigenvalue weighted by atomic mass is 10.1. The van der Waals surface area contributed by atoms with Gasteiger partial charge in [0, 0.05) is 5.69 Å². The first kappa shape index (κ1) is 13.3. The van der Waals surface area contributed by atoms with Gasteiger partial charge in [-0.3, -0.25) is 10.1 Å². The summed E-state index contributed by atoms with van der Waals surface area (Å²) in [6.07, 6.45) is 0.782. The van der Waals surface area contributed by atoms with E-state index < -0.39 is 0 Å². The Hall–Kier alpha value is -2.15. The maximum Gasteiger partial charge on any atom is 0.263 e. The molecule has 3 N–H and O–H groups in total. The van der Waals surface area contributed by atoms with E-state index in [1.54, 1.807) is 18.2 Å². The normalized spacial score (nSPS) is 10.2. The smallest absolute Gasteiger partial charge is 0.263 e. The molecule has 0 saturated carbocycles. The van der Waals surface area contributed by atoms with Crippen LogP contribution in [0.25, 0.3) is 0 Å². The van der Waals surface area contributed by atoms with Crippen molar-refractivity contribution in [1.29, 1.82) is 0 Å². The first-order chi connectivity index (χ1) is 9.15. The largest absolute Gasteiger partial charge is 0.496 e. The van der Waals surface area contributed by atoms with Gasteiger partial charge in [0.2, 0.25) is 5.13 Å². The van der Waals surface area contributed by atoms with Crippen LogP contribution in [-0.4, -0.2) is 23.2 Å². The molecule has 0 spiro atoms. The van der Waals surface area contributed by atoms with E-state index in [1.807, 2.05) is 6.92 Å². The van der Waals surface area contributed by atoms with Gasteiger partial charge in [0.25, 0.3) is 5.91 Å². The van der Waals surface area contributed by atoms with E-state index >= 15 is 0 Å². The Bertz CT molecular complexity index is 597. The second-order valence-electron chi connectivity index (χ2n) is 3.73. The summed E-state index contributed by atoms with van der Waals surface area (Å²) in [7, 11) is 1.49. The molecule has 0 bridgehead atoms. The summed E-state index contributed by atoms with van der Waals surface area (Å²) in [6, 6.07) is 5.06. The number of benzene rings is 1. The Kier molecular flexibility index (Phi) is 3.96. The lowest BCUT2D eigenvalue weighted by Gasteiger charge is -2.09. The van der Waals surface area contributed by atoms with Gasteiger partial charge >= 0.3 is 0 Å². The minimum atomic E-state index is -0.353. The number of hydrogen-bond acceptors (Lipinski definition) is 6. The number of anilines is 2. The van der Waals surface area contributed by atoms with Gasteiger partial charge in [0.1, 0.15) is 16.3 Å². The van der Waals surface area contributed by atoms with Crippen molar-refractivity contribution in [2.75, 3.05) is 18.2 Å². The lowest BCUT2D eigenvalue weighted by molar-refractivity contribution is 0.102. The Morgan fingerprint density at radius 1 is 1.47 bits per heavy atom. The summed E-state index contributed by atoms with van der Waals surface area (Å²) in [6.45, 7) is 1.98. The molecular formula is C12H14N4O2S. The number of ether oxygens (including phenoxy) is 1. The van der Waals surface area contributed by atoms with Crippen molar-refractivity contribution < 1.29 is 9.53 Å². The highest BCUT2D eigenvalue weighted by molar-refractivity contribution is 7.15. The topological polar surface area (TPSA) is 90.1 Å². The fraction of sp³-hybridized carbons (Fsp3) is 0.250. The molecule has 1 aromatic carbocycles. The van der Waals surface area contributed by atoms with Gasteiger partial charge in [-0.25, -0.2) is 0 Å². The zero-order chi connectivity index (χ0) is 13.8. The third-order valence-electron chi connectivity index (χ3n) is 2.50. The zero-order valence-corrected chi connectivity index (χ0v) is 11.5. The predicted octanol–water partition coefficient (Wildman–Crippen LogP) is 1.94. The standard InChI is InChI=1S/C12H14N4O2S/c1-3-9-15-16-12(19-9)14-11(17)10-7(13)5-4-6-8(10)18-2/h4-6H,3,13H2,1-2H3,(H,14,16,17). The Morgan fingerprint density at radius 3 is 2.89 bits per heavy atom. The Morgan fingerprint density at radius 2 is 2.26 bits per heavy atom. The first-order valence-electron chi connectivity index (χ1n) is 5.72. The highest BCUT2D eigenvalue weighted by atomic mass is 32.1. The van der Waals surface area contributed by atoms with Crippen LogP contribution in [0.1, 0.15) is 22.3 Å². The number of hydrogen-bond donors (Lipinski definition) is 2. The molecule has 0 aliphatic rings. The fourth-order valence-corrected chi connectivity index (χ4v) is 2.24. The van der Waals surface area contributed by atoms with Crippen molar-refractivity contribution in [3.8, 4) is 5.75 Å². The van der Waals surface area contributed by atoms with Crippen LogP contribution < -0.4 is 15.8 Å². The van der Waals surface area contributed by atoms with E-state index in [2.05, 4.69) is 15.5 Å². The number of carbonyl (C=O) groups excluding carboxylic acids is 1. The number of amides is 1. The fourth-order valence-electron chi connectivity index (χ4n) is 1.57. The second-order valence-corrected chi connectivity index (χ2v) is 4.80. The number of aryl methyl sites for hydroxylation is 1. The summed E-state index contributed by atoms with van der Waals surface area (Å²) in [4.78, 5) is 12.2. The van der Waals surface area contributed by atoms with Gasteiger partial charge in [-0.15, -0.1) is 10.2 Å². The molecule has 0 saturated heterocycles. The quantitative estimate of drug-likeness (QED) is 0.834. The number of aromatic nitrogens is 2. The molecule has 1 amide bonds. The van der Waals surface area contributed by atoms with Crippen LogP contribution in [0.5, 0.6) is 5.75 Å². The number of carbonyl (C=O) groups is 1. The average molecular weight is 278 g/mol. The number of nitrogens with one attached hydrogen (secondary N) is 1. The van der Waals surface area contributed by atoms with Crippen LogP contribution in [0.15, 0.2) is 18.2 Å². The molecule has 6 nitrogen and oxygen atoms in total. The molecule has 2 aromatic rings. The van der Waals surface area contributed by atoms with E-state index in [1.165, 1.54) is 18.4 Å². The van der Waals surface area contributed by atoms with Crippen molar-refractivity contribution in [2.45, 2.75) is 13.3 Å². The maximum atomic E-state index is 12.2. The Labute approximate surface area is 114 Å². The van der Waals surface area contributed by atoms with Crippen molar-refractivity contribution >= 4 is 28.1 Å². The van der Waals surface area contributed by atoms with Crippen LogP contribution in [0.2, 0.25) is 0 Å². The van der Waals surface area contributed by atoms with Crippen molar-refractivity contribution in [3.63, 3.8) is 0 Å². The molecule has 1 heterocycles. The number of rotatable bonds is 4. The van der Waals surface area contributed by atoms with E-state index in [0.717, 1.165) is 11.4 Å². The maximum absolute atomic E-state index is 12.2. The van der Waals surface area contributed by atoms with Crippen LogP contribution in [-0.2, 0) is 6.42 Å². The number of nitrogen functional groups attached to an aromatic ring is 1. The summed E-state index contributed by atoms with van der Waals surface area (Å²) >= 11 is 1.34. The molecular weight excluding hydrogens is 264 g/mol. The van der Waals surface area contributed by atoms with E-state index in [9.17, 15) is 4.79 Å². The van der Waals surface area contributed by atoms with Gasteiger partial charge in [-0.1, -0.05) is 24.3 Å². The number of nitrogens with two attached hydrogens (primary N) is 1. The average Bonchev–Trinajstić information content (AvgIpc) is 2.85. The summed E-state index contributed by atoms with van der Waals surface area (Å²) < 4.78 is 5.14. The molecule has 0 unspecified atom stereocenters. The van der Waals surface area contributed by atoms with Crippen LogP contribution in [0.3, 0.4) is 0 Å². The molecule has 1 aromatic heterocycles. The Balaban J connectivity index is 2.24. The third kappa shape index (κ3) is 2.82. The van der Waals surface area contributed by atoms with Crippen molar-refractivity contribution in [1.82, 2.24) is 10.2 Å². The minimum absolute atomic E-state index is 0.304. The van der Waals surface area contributed by atoms with Gasteiger partial charge in [-0.05, 0) is 18.6 Å². The minimum Gasteiger partial charge on any atom is -0.496 e. The van der Waals surface area contributed by atoms with E-state index in [4.69, 9.17) is 10.5 Å². The molecule has 0 radical (unpaired) electrons. The molecule has 100 valence electrons. The van der Waals surface area contributed by atoms with Gasteiger partial charge in [0.15, 0.2) is 0 Å². The lowest BCUT2D eigenvalue weighted by Crippen LogP contribution is -2.15. The molecule has 7 heteroatoms. The third-order valence-corrected chi connectivity index (χ3v) is 3.48. The molecule has 0 aliphatic carbocycles. The highest BCUT2D eigenvalue weighted by Gasteiger charge is 2.17. The molecule has 0 aliphatic heterocycles. The van der Waals surface area contributed by atoms with Gasteiger partial charge in [0.05, 0.1) is 7.11 Å². The summed E-state index contributed by atoms with van der Waals surface area (Å²) in [5, 5.41) is 11.8. The first-order valence-corrected chi connectivity index (χ1v) is 6.53. The second kappa shape index (κ2) is 5.66. The highest BCUT2D eigenvalue weighted by Crippen LogP contribution is 2.25. The zero-order valence-electron chi connectivity index (χ0n) is 10.6. The molecule has 19 heavy (non-hydrogen) atoms. The van der Waals surface area contributed by atoms with Crippen LogP contribution in [0, 0.1) is 0 Å². The number of methoxy groups -OCH3 is 1. The number of nitrogens with zero attached hydrogens (tertiary/aromatic N) is 2. The molecule has 0 atom stereocenters. The van der Waals surface area contributed by atoms with Crippen molar-refractivity contribution in [2.24, 2.45) is 0 Å². The summed E-state index contributed by atoms with van der Waals surface area (Å²) in [5.74, 6) is 0.0754. The molecule has 0 fully saturated rings. The molecule has 2 rings (SSSR count). The van der Waals surface area contributed by atoms with E-state index in [0.29, 0.717) is 22.1 Å². The summed E-state index contributed by atoms with van der Waals surface area (Å²) in [5.41, 5.74) is 6.47. The monoisotopic (exact) mass is 278 g/mol. The van der Waals surface area contributed by atoms with Crippen LogP contribution >= 0.6 is 11.3 Å².